The molecule has 0 spiro atoms. The lowest BCUT2D eigenvalue weighted by molar-refractivity contribution is 0.0849. The molecule has 0 atom stereocenters. The summed E-state index contributed by atoms with van der Waals surface area (Å²) in [6.07, 6.45) is 1.86. The van der Waals surface area contributed by atoms with Crippen molar-refractivity contribution in [1.82, 2.24) is 14.5 Å². The second kappa shape index (κ2) is 5.39. The first-order valence-corrected chi connectivity index (χ1v) is 9.65. The van der Waals surface area contributed by atoms with E-state index < -0.39 is 15.9 Å². The standard InChI is InChI=1S/C12H11N3O3S3/c1-19-12-14-13-10(20-12)6-15-11(16)9-5-3-2-4-8(9)7-21(15,17)18/h2-5H,6-7H2,1H3. The van der Waals surface area contributed by atoms with Gasteiger partial charge in [-0.2, -0.15) is 0 Å². The van der Waals surface area contributed by atoms with Crippen LogP contribution in [0, 0.1) is 0 Å². The summed E-state index contributed by atoms with van der Waals surface area (Å²) >= 11 is 2.73. The van der Waals surface area contributed by atoms with Gasteiger partial charge in [0.15, 0.2) is 4.34 Å². The molecule has 3 rings (SSSR count). The first kappa shape index (κ1) is 14.5. The molecule has 0 fully saturated rings. The second-order valence-electron chi connectivity index (χ2n) is 4.39. The van der Waals surface area contributed by atoms with Crippen molar-refractivity contribution >= 4 is 39.0 Å². The van der Waals surface area contributed by atoms with E-state index >= 15 is 0 Å². The van der Waals surface area contributed by atoms with Crippen molar-refractivity contribution < 1.29 is 13.2 Å². The zero-order valence-corrected chi connectivity index (χ0v) is 13.5. The maximum atomic E-state index is 12.4. The van der Waals surface area contributed by atoms with Crippen LogP contribution < -0.4 is 0 Å². The molecule has 1 aliphatic heterocycles. The highest BCUT2D eigenvalue weighted by Crippen LogP contribution is 2.28. The number of carbonyl (C=O) groups is 1. The van der Waals surface area contributed by atoms with Crippen LogP contribution in [0.25, 0.3) is 0 Å². The Labute approximate surface area is 130 Å². The Morgan fingerprint density at radius 2 is 2.10 bits per heavy atom. The van der Waals surface area contributed by atoms with Crippen LogP contribution in [-0.2, 0) is 22.3 Å². The molecule has 1 aliphatic rings. The van der Waals surface area contributed by atoms with E-state index in [0.717, 1.165) is 8.64 Å². The van der Waals surface area contributed by atoms with E-state index in [-0.39, 0.29) is 12.3 Å². The SMILES string of the molecule is CSc1nnc(CN2C(=O)c3ccccc3CS2(=O)=O)s1. The predicted molar refractivity (Wildman–Crippen MR) is 80.6 cm³/mol. The molecule has 0 N–H and O–H groups in total. The van der Waals surface area contributed by atoms with Gasteiger partial charge in [-0.25, -0.2) is 12.7 Å². The molecule has 0 bridgehead atoms. The molecule has 0 radical (unpaired) electrons. The van der Waals surface area contributed by atoms with Gasteiger partial charge in [-0.15, -0.1) is 10.2 Å². The highest BCUT2D eigenvalue weighted by Gasteiger charge is 2.36. The Morgan fingerprint density at radius 3 is 2.81 bits per heavy atom. The summed E-state index contributed by atoms with van der Waals surface area (Å²) in [6.45, 7) is -0.0618. The summed E-state index contributed by atoms with van der Waals surface area (Å²) in [7, 11) is -3.67. The maximum Gasteiger partial charge on any atom is 0.268 e. The molecule has 0 saturated carbocycles. The predicted octanol–water partition coefficient (Wildman–Crippen LogP) is 1.75. The number of aromatic nitrogens is 2. The van der Waals surface area contributed by atoms with Crippen LogP contribution in [0.3, 0.4) is 0 Å². The van der Waals surface area contributed by atoms with Gasteiger partial charge in [-0.1, -0.05) is 41.3 Å². The van der Waals surface area contributed by atoms with Crippen LogP contribution in [0.15, 0.2) is 28.6 Å². The molecule has 0 unspecified atom stereocenters. The summed E-state index contributed by atoms with van der Waals surface area (Å²) in [5, 5.41) is 8.35. The van der Waals surface area contributed by atoms with Gasteiger partial charge in [0.2, 0.25) is 10.0 Å². The first-order chi connectivity index (χ1) is 10.0. The number of rotatable bonds is 3. The third-order valence-corrected chi connectivity index (χ3v) is 6.58. The van der Waals surface area contributed by atoms with E-state index in [0.29, 0.717) is 16.1 Å². The normalized spacial score (nSPS) is 16.8. The van der Waals surface area contributed by atoms with Gasteiger partial charge in [0.05, 0.1) is 12.3 Å². The Kier molecular flexibility index (Phi) is 3.72. The molecule has 1 aromatic carbocycles. The molecule has 1 amide bonds. The van der Waals surface area contributed by atoms with Crippen molar-refractivity contribution in [2.75, 3.05) is 6.26 Å². The summed E-state index contributed by atoms with van der Waals surface area (Å²) in [4.78, 5) is 12.4. The molecule has 2 heterocycles. The van der Waals surface area contributed by atoms with Crippen LogP contribution >= 0.6 is 23.1 Å². The Bertz CT molecular complexity index is 801. The van der Waals surface area contributed by atoms with Gasteiger partial charge in [0, 0.05) is 5.56 Å². The average Bonchev–Trinajstić information content (AvgIpc) is 2.91. The molecule has 2 aromatic rings. The summed E-state index contributed by atoms with van der Waals surface area (Å²) in [6, 6.07) is 6.77. The van der Waals surface area contributed by atoms with Crippen molar-refractivity contribution in [3.8, 4) is 0 Å². The van der Waals surface area contributed by atoms with Crippen LogP contribution in [0.4, 0.5) is 0 Å². The molecule has 0 saturated heterocycles. The second-order valence-corrected chi connectivity index (χ2v) is 8.40. The molecule has 1 aromatic heterocycles. The minimum atomic E-state index is -3.67. The van der Waals surface area contributed by atoms with Crippen molar-refractivity contribution in [3.63, 3.8) is 0 Å². The largest absolute Gasteiger partial charge is 0.268 e. The number of amides is 1. The Hall–Kier alpha value is -1.45. The smallest absolute Gasteiger partial charge is 0.268 e. The van der Waals surface area contributed by atoms with Crippen LogP contribution in [0.2, 0.25) is 0 Å². The number of hydrogen-bond donors (Lipinski definition) is 0. The zero-order chi connectivity index (χ0) is 15.0. The molecule has 6 nitrogen and oxygen atoms in total. The van der Waals surface area contributed by atoms with Crippen LogP contribution in [0.1, 0.15) is 20.9 Å². The van der Waals surface area contributed by atoms with E-state index in [9.17, 15) is 13.2 Å². The molecule has 0 aliphatic carbocycles. The Balaban J connectivity index is 1.96. The van der Waals surface area contributed by atoms with E-state index in [1.807, 2.05) is 6.26 Å². The Morgan fingerprint density at radius 1 is 1.33 bits per heavy atom. The average molecular weight is 341 g/mol. The minimum absolute atomic E-state index is 0.0618. The van der Waals surface area contributed by atoms with Crippen LogP contribution in [0.5, 0.6) is 0 Å². The van der Waals surface area contributed by atoms with Gasteiger partial charge < -0.3 is 0 Å². The van der Waals surface area contributed by atoms with Crippen molar-refractivity contribution in [2.45, 2.75) is 16.6 Å². The minimum Gasteiger partial charge on any atom is -0.268 e. The zero-order valence-electron chi connectivity index (χ0n) is 11.0. The molecule has 110 valence electrons. The fourth-order valence-electron chi connectivity index (χ4n) is 2.07. The van der Waals surface area contributed by atoms with Gasteiger partial charge in [-0.3, -0.25) is 4.79 Å². The lowest BCUT2D eigenvalue weighted by Gasteiger charge is -2.27. The van der Waals surface area contributed by atoms with Crippen molar-refractivity contribution in [1.29, 1.82) is 0 Å². The quantitative estimate of drug-likeness (QED) is 0.791. The van der Waals surface area contributed by atoms with Crippen LogP contribution in [-0.4, -0.2) is 35.1 Å². The molecule has 9 heteroatoms. The summed E-state index contributed by atoms with van der Waals surface area (Å²) in [5.41, 5.74) is 0.975. The van der Waals surface area contributed by atoms with E-state index in [1.54, 1.807) is 24.3 Å². The van der Waals surface area contributed by atoms with E-state index in [1.165, 1.54) is 23.1 Å². The molecular formula is C12H11N3O3S3. The summed E-state index contributed by atoms with van der Waals surface area (Å²) in [5.74, 6) is -0.666. The van der Waals surface area contributed by atoms with Gasteiger partial charge in [-0.05, 0) is 17.9 Å². The fraction of sp³-hybridized carbons (Fsp3) is 0.250. The van der Waals surface area contributed by atoms with Gasteiger partial charge >= 0.3 is 0 Å². The topological polar surface area (TPSA) is 80.2 Å². The third-order valence-electron chi connectivity index (χ3n) is 3.05. The first-order valence-electron chi connectivity index (χ1n) is 6.00. The highest BCUT2D eigenvalue weighted by atomic mass is 32.2. The van der Waals surface area contributed by atoms with Gasteiger partial charge in [0.1, 0.15) is 5.01 Å². The van der Waals surface area contributed by atoms with Crippen molar-refractivity contribution in [3.05, 3.63) is 40.4 Å². The number of carbonyl (C=O) groups excluding carboxylic acids is 1. The maximum absolute atomic E-state index is 12.4. The molecule has 21 heavy (non-hydrogen) atoms. The van der Waals surface area contributed by atoms with E-state index in [2.05, 4.69) is 10.2 Å². The number of benzene rings is 1. The van der Waals surface area contributed by atoms with Gasteiger partial charge in [0.25, 0.3) is 5.91 Å². The highest BCUT2D eigenvalue weighted by molar-refractivity contribution is 8.00. The summed E-state index contributed by atoms with van der Waals surface area (Å²) < 4.78 is 26.2. The number of fused-ring (bicyclic) bond motifs is 1. The number of hydrogen-bond acceptors (Lipinski definition) is 7. The van der Waals surface area contributed by atoms with Crippen molar-refractivity contribution in [2.24, 2.45) is 0 Å². The monoisotopic (exact) mass is 341 g/mol. The van der Waals surface area contributed by atoms with E-state index in [4.69, 9.17) is 0 Å². The lowest BCUT2D eigenvalue weighted by Crippen LogP contribution is -2.41. The number of nitrogens with zero attached hydrogens (tertiary/aromatic N) is 3. The lowest BCUT2D eigenvalue weighted by atomic mass is 10.1. The fourth-order valence-corrected chi connectivity index (χ4v) is 4.92. The third kappa shape index (κ3) is 2.68. The number of sulfonamides is 1. The molecular weight excluding hydrogens is 330 g/mol. The number of thioether (sulfide) groups is 1.